The molecule has 8 nitrogen and oxygen atoms in total. The van der Waals surface area contributed by atoms with Gasteiger partial charge in [-0.05, 0) is 68.1 Å². The van der Waals surface area contributed by atoms with E-state index in [1.807, 2.05) is 6.92 Å². The summed E-state index contributed by atoms with van der Waals surface area (Å²) < 4.78 is 79.0. The van der Waals surface area contributed by atoms with Crippen molar-refractivity contribution < 1.29 is 40.3 Å². The molecule has 214 valence electrons. The number of likely N-dealkylation sites (tertiary alicyclic amines) is 1. The van der Waals surface area contributed by atoms with E-state index < -0.39 is 45.3 Å². The topological polar surface area (TPSA) is 105 Å². The highest BCUT2D eigenvalue weighted by Gasteiger charge is 2.36. The molecule has 3 rings (SSSR count). The smallest absolute Gasteiger partial charge is 0.406 e. The van der Waals surface area contributed by atoms with Gasteiger partial charge in [-0.3, -0.25) is 9.59 Å². The number of benzene rings is 2. The van der Waals surface area contributed by atoms with E-state index in [1.54, 1.807) is 30.9 Å². The monoisotopic (exact) mass is 573 g/mol. The number of hydrogen-bond donors (Lipinski definition) is 2. The Bertz CT molecular complexity index is 1310. The number of piperidine rings is 1. The Morgan fingerprint density at radius 1 is 1.05 bits per heavy atom. The zero-order valence-electron chi connectivity index (χ0n) is 21.9. The third kappa shape index (κ3) is 8.07. The normalized spacial score (nSPS) is 16.5. The Labute approximate surface area is 224 Å². The molecular weight excluding hydrogens is 542 g/mol. The molecule has 13 heteroatoms. The third-order valence-electron chi connectivity index (χ3n) is 6.54. The van der Waals surface area contributed by atoms with E-state index in [4.69, 9.17) is 0 Å². The number of sulfone groups is 1. The van der Waals surface area contributed by atoms with Crippen molar-refractivity contribution in [3.05, 3.63) is 53.8 Å². The average Bonchev–Trinajstić information content (AvgIpc) is 2.82. The number of carbonyl (C=O) groups is 2. The van der Waals surface area contributed by atoms with Gasteiger partial charge in [0.2, 0.25) is 5.91 Å². The lowest BCUT2D eigenvalue weighted by atomic mass is 9.88. The highest BCUT2D eigenvalue weighted by atomic mass is 32.2. The summed E-state index contributed by atoms with van der Waals surface area (Å²) in [7, 11) is -3.31. The van der Waals surface area contributed by atoms with Crippen LogP contribution in [0.4, 0.5) is 23.2 Å². The van der Waals surface area contributed by atoms with Crippen molar-refractivity contribution in [2.75, 3.05) is 24.7 Å². The Hall–Kier alpha value is -3.35. The van der Waals surface area contributed by atoms with Crippen LogP contribution < -0.4 is 15.4 Å². The molecule has 1 heterocycles. The minimum absolute atomic E-state index is 0.208. The van der Waals surface area contributed by atoms with E-state index >= 15 is 0 Å². The Morgan fingerprint density at radius 2 is 1.64 bits per heavy atom. The van der Waals surface area contributed by atoms with Gasteiger partial charge < -0.3 is 20.3 Å². The van der Waals surface area contributed by atoms with Gasteiger partial charge in [-0.1, -0.05) is 13.8 Å². The predicted molar refractivity (Wildman–Crippen MR) is 137 cm³/mol. The summed E-state index contributed by atoms with van der Waals surface area (Å²) in [6.07, 6.45) is -2.78. The number of amides is 2. The molecule has 1 aliphatic rings. The van der Waals surface area contributed by atoms with E-state index in [0.717, 1.165) is 18.0 Å². The molecule has 1 atom stereocenters. The second-order valence-electron chi connectivity index (χ2n) is 10.2. The molecule has 39 heavy (non-hydrogen) atoms. The van der Waals surface area contributed by atoms with Crippen LogP contribution in [0.5, 0.6) is 5.75 Å². The molecule has 1 fully saturated rings. The number of nitrogens with one attached hydrogen (secondary N) is 2. The second kappa shape index (κ2) is 11.4. The fourth-order valence-corrected chi connectivity index (χ4v) is 4.91. The van der Waals surface area contributed by atoms with Crippen LogP contribution in [0.3, 0.4) is 0 Å². The zero-order valence-corrected chi connectivity index (χ0v) is 22.7. The summed E-state index contributed by atoms with van der Waals surface area (Å²) in [5.74, 6) is -3.62. The Morgan fingerprint density at radius 3 is 2.15 bits per heavy atom. The fraction of sp³-hybridized carbons (Fsp3) is 0.462. The third-order valence-corrected chi connectivity index (χ3v) is 7.67. The molecule has 0 bridgehead atoms. The molecule has 2 N–H and O–H groups in total. The van der Waals surface area contributed by atoms with Crippen LogP contribution in [0.25, 0.3) is 0 Å². The van der Waals surface area contributed by atoms with Gasteiger partial charge in [0.25, 0.3) is 5.91 Å². The number of nitrogens with zero attached hydrogens (tertiary/aromatic N) is 1. The highest BCUT2D eigenvalue weighted by Crippen LogP contribution is 2.29. The number of alkyl halides is 3. The first-order valence-electron chi connectivity index (χ1n) is 12.2. The van der Waals surface area contributed by atoms with Crippen molar-refractivity contribution in [2.45, 2.75) is 56.5 Å². The van der Waals surface area contributed by atoms with E-state index in [1.165, 1.54) is 12.1 Å². The van der Waals surface area contributed by atoms with Gasteiger partial charge in [-0.2, -0.15) is 0 Å². The van der Waals surface area contributed by atoms with Crippen molar-refractivity contribution in [3.63, 3.8) is 0 Å². The van der Waals surface area contributed by atoms with Crippen molar-refractivity contribution in [1.82, 2.24) is 10.2 Å². The minimum Gasteiger partial charge on any atom is -0.406 e. The molecule has 1 aliphatic heterocycles. The molecule has 0 aromatic heterocycles. The van der Waals surface area contributed by atoms with Crippen molar-refractivity contribution in [3.8, 4) is 5.75 Å². The standard InChI is InChI=1S/C26H31F4N3O5S/c1-16(2)22(31-23(34)20-15-18(7-10-21(20)27)38-26(28,29)30)24(35)33-13-11-25(3,12-14-33)32-17-5-8-19(9-6-17)39(4,36)37/h5-10,15-16,22,32H,11-14H2,1-4H3,(H,31,34)/t22-/m1/s1. The maximum absolute atomic E-state index is 14.3. The number of rotatable bonds is 8. The molecular formula is C26H31F4N3O5S. The van der Waals surface area contributed by atoms with Crippen LogP contribution in [0.1, 0.15) is 44.0 Å². The van der Waals surface area contributed by atoms with Gasteiger partial charge in [0.15, 0.2) is 9.84 Å². The molecule has 0 aliphatic carbocycles. The molecule has 0 radical (unpaired) electrons. The maximum atomic E-state index is 14.3. The Kier molecular flexibility index (Phi) is 8.83. The van der Waals surface area contributed by atoms with E-state index in [2.05, 4.69) is 15.4 Å². The SMILES string of the molecule is CC(C)[C@@H](NC(=O)c1cc(OC(F)(F)F)ccc1F)C(=O)N1CCC(C)(Nc2ccc(S(C)(=O)=O)cc2)CC1. The lowest BCUT2D eigenvalue weighted by molar-refractivity contribution is -0.274. The zero-order chi connectivity index (χ0) is 29.2. The molecule has 0 saturated carbocycles. The number of anilines is 1. The van der Waals surface area contributed by atoms with Gasteiger partial charge in [0.1, 0.15) is 17.6 Å². The summed E-state index contributed by atoms with van der Waals surface area (Å²) >= 11 is 0. The van der Waals surface area contributed by atoms with Gasteiger partial charge >= 0.3 is 6.36 Å². The van der Waals surface area contributed by atoms with Gasteiger partial charge in [0.05, 0.1) is 10.5 Å². The Balaban J connectivity index is 1.65. The molecule has 0 unspecified atom stereocenters. The van der Waals surface area contributed by atoms with E-state index in [9.17, 15) is 35.6 Å². The lowest BCUT2D eigenvalue weighted by Crippen LogP contribution is -2.56. The first-order valence-corrected chi connectivity index (χ1v) is 14.1. The van der Waals surface area contributed by atoms with Crippen molar-refractivity contribution in [1.29, 1.82) is 0 Å². The first-order chi connectivity index (χ1) is 18.0. The molecule has 2 amide bonds. The molecule has 2 aromatic carbocycles. The molecule has 0 spiro atoms. The molecule has 1 saturated heterocycles. The number of carbonyl (C=O) groups excluding carboxylic acids is 2. The summed E-state index contributed by atoms with van der Waals surface area (Å²) in [4.78, 5) is 27.9. The van der Waals surface area contributed by atoms with Crippen LogP contribution in [0.2, 0.25) is 0 Å². The van der Waals surface area contributed by atoms with E-state index in [0.29, 0.717) is 38.1 Å². The van der Waals surface area contributed by atoms with Crippen molar-refractivity contribution >= 4 is 27.3 Å². The quantitative estimate of drug-likeness (QED) is 0.455. The highest BCUT2D eigenvalue weighted by molar-refractivity contribution is 7.90. The summed E-state index contributed by atoms with van der Waals surface area (Å²) in [6.45, 7) is 6.08. The maximum Gasteiger partial charge on any atom is 0.573 e. The van der Waals surface area contributed by atoms with Gasteiger partial charge in [-0.15, -0.1) is 13.2 Å². The van der Waals surface area contributed by atoms with Gasteiger partial charge in [0, 0.05) is 30.6 Å². The van der Waals surface area contributed by atoms with Crippen LogP contribution in [-0.2, 0) is 14.6 Å². The van der Waals surface area contributed by atoms with Crippen LogP contribution in [-0.4, -0.2) is 62.4 Å². The minimum atomic E-state index is -5.01. The van der Waals surface area contributed by atoms with E-state index in [-0.39, 0.29) is 22.3 Å². The van der Waals surface area contributed by atoms with Gasteiger partial charge in [-0.25, -0.2) is 12.8 Å². The number of hydrogen-bond acceptors (Lipinski definition) is 6. The summed E-state index contributed by atoms with van der Waals surface area (Å²) in [5, 5.41) is 5.86. The van der Waals surface area contributed by atoms with Crippen LogP contribution in [0.15, 0.2) is 47.4 Å². The average molecular weight is 574 g/mol. The molecule has 2 aromatic rings. The predicted octanol–water partition coefficient (Wildman–Crippen LogP) is 4.38. The first kappa shape index (κ1) is 30.2. The number of ether oxygens (including phenoxy) is 1. The van der Waals surface area contributed by atoms with Crippen LogP contribution in [0, 0.1) is 11.7 Å². The summed E-state index contributed by atoms with van der Waals surface area (Å²) in [5.41, 5.74) is -0.328. The largest absolute Gasteiger partial charge is 0.573 e. The second-order valence-corrected chi connectivity index (χ2v) is 12.2. The van der Waals surface area contributed by atoms with Crippen molar-refractivity contribution in [2.24, 2.45) is 5.92 Å². The fourth-order valence-electron chi connectivity index (χ4n) is 4.28. The summed E-state index contributed by atoms with van der Waals surface area (Å²) in [6, 6.07) is 7.44. The van der Waals surface area contributed by atoms with Crippen LogP contribution >= 0.6 is 0 Å². The number of halogens is 4. The lowest BCUT2D eigenvalue weighted by Gasteiger charge is -2.42.